The van der Waals surface area contributed by atoms with Gasteiger partial charge in [0.25, 0.3) is 0 Å². The van der Waals surface area contributed by atoms with Crippen molar-refractivity contribution in [2.24, 2.45) is 0 Å². The van der Waals surface area contributed by atoms with Crippen LogP contribution in [0.4, 0.5) is 0 Å². The average Bonchev–Trinajstić information content (AvgIpc) is 2.91. The van der Waals surface area contributed by atoms with Crippen LogP contribution in [0.1, 0.15) is 296 Å². The molecule has 0 aliphatic rings. The minimum Gasteiger partial charge on any atom is -0.494 e. The minimum atomic E-state index is 0.740. The number of fused-ring (bicyclic) bond motifs is 1. The number of ether oxygens (including phenoxy) is 2. The highest BCUT2D eigenvalue weighted by Crippen LogP contribution is 2.45. The monoisotopic (exact) mass is 1310 g/mol. The van der Waals surface area contributed by atoms with Gasteiger partial charge < -0.3 is 9.47 Å². The fraction of sp³-hybridized carbons (Fsp3) is 0.632. The van der Waals surface area contributed by atoms with Crippen molar-refractivity contribution in [3.8, 4) is 54.9 Å². The van der Waals surface area contributed by atoms with E-state index in [0.29, 0.717) is 0 Å². The molecule has 0 saturated carbocycles. The molecule has 0 amide bonds. The molecule has 0 fully saturated rings. The highest BCUT2D eigenvalue weighted by atomic mass is 79.9. The number of nitrogens with zero attached hydrogens (tertiary/aromatic N) is 2. The maximum absolute atomic E-state index is 6.33. The maximum atomic E-state index is 6.33. The van der Waals surface area contributed by atoms with E-state index in [4.69, 9.17) is 19.4 Å². The van der Waals surface area contributed by atoms with Crippen LogP contribution in [-0.4, -0.2) is 23.2 Å². The van der Waals surface area contributed by atoms with E-state index in [2.05, 4.69) is 132 Å². The number of benzene rings is 3. The molecule has 4 nitrogen and oxygen atoms in total. The van der Waals surface area contributed by atoms with Gasteiger partial charge in [0, 0.05) is 32.0 Å². The van der Waals surface area contributed by atoms with Crippen LogP contribution in [0.5, 0.6) is 11.5 Å². The van der Waals surface area contributed by atoms with Crippen molar-refractivity contribution in [3.63, 3.8) is 0 Å². The fourth-order valence-electron chi connectivity index (χ4n) is 11.9. The summed E-state index contributed by atoms with van der Waals surface area (Å²) in [5.41, 5.74) is 10.8. The zero-order chi connectivity index (χ0) is 59.1. The highest BCUT2D eigenvalue weighted by molar-refractivity contribution is 9.11. The Labute approximate surface area is 538 Å². The van der Waals surface area contributed by atoms with Crippen molar-refractivity contribution in [3.05, 3.63) is 91.5 Å². The van der Waals surface area contributed by atoms with Crippen LogP contribution in [0.25, 0.3) is 54.4 Å². The first-order chi connectivity index (χ1) is 41.4. The molecular weight excluding hydrogens is 1200 g/mol. The quantitative estimate of drug-likeness (QED) is 0.0357. The third kappa shape index (κ3) is 26.0. The smallest absolute Gasteiger partial charge is 0.119 e. The number of aryl methyl sites for hydroxylation is 2. The predicted molar refractivity (Wildman–Crippen MR) is 378 cm³/mol. The van der Waals surface area contributed by atoms with Crippen molar-refractivity contribution in [2.75, 3.05) is 13.2 Å². The molecule has 0 spiro atoms. The van der Waals surface area contributed by atoms with Gasteiger partial charge in [-0.3, -0.25) is 0 Å². The zero-order valence-electron chi connectivity index (χ0n) is 53.3. The summed E-state index contributed by atoms with van der Waals surface area (Å²) in [6.45, 7) is 10.6. The van der Waals surface area contributed by atoms with Gasteiger partial charge in [0.1, 0.15) is 11.5 Å². The second-order valence-electron chi connectivity index (χ2n) is 24.6. The molecule has 0 bridgehead atoms. The summed E-state index contributed by atoms with van der Waals surface area (Å²) >= 11 is 11.8. The molecule has 0 unspecified atom stereocenters. The molecule has 0 aliphatic carbocycles. The molecule has 6 rings (SSSR count). The first-order valence-corrected chi connectivity index (χ1v) is 38.0. The van der Waals surface area contributed by atoms with Crippen LogP contribution in [-0.2, 0) is 12.8 Å². The Morgan fingerprint density at radius 3 is 0.869 bits per heavy atom. The zero-order valence-corrected chi connectivity index (χ0v) is 58.1. The number of aromatic nitrogens is 2. The summed E-state index contributed by atoms with van der Waals surface area (Å²) < 4.78 is 15.1. The maximum Gasteiger partial charge on any atom is 0.119 e. The van der Waals surface area contributed by atoms with Crippen molar-refractivity contribution in [2.45, 2.75) is 297 Å². The summed E-state index contributed by atoms with van der Waals surface area (Å²) in [6, 6.07) is 26.8. The first kappa shape index (κ1) is 70.1. The fourth-order valence-corrected chi connectivity index (χ4v) is 15.5. The van der Waals surface area contributed by atoms with Gasteiger partial charge in [-0.2, -0.15) is 0 Å². The molecule has 8 heteroatoms. The molecule has 0 radical (unpaired) electrons. The molecule has 0 N–H and O–H groups in total. The van der Waals surface area contributed by atoms with E-state index in [1.54, 1.807) is 0 Å². The third-order valence-corrected chi connectivity index (χ3v) is 21.2. The Bertz CT molecular complexity index is 2460. The van der Waals surface area contributed by atoms with E-state index in [-0.39, 0.29) is 0 Å². The number of hydrogen-bond donors (Lipinski definition) is 0. The van der Waals surface area contributed by atoms with Crippen LogP contribution < -0.4 is 9.47 Å². The van der Waals surface area contributed by atoms with Crippen LogP contribution in [0.2, 0.25) is 0 Å². The van der Waals surface area contributed by atoms with Gasteiger partial charge in [-0.25, -0.2) is 9.97 Å². The van der Waals surface area contributed by atoms with Crippen LogP contribution >= 0.6 is 54.5 Å². The lowest BCUT2D eigenvalue weighted by molar-refractivity contribution is 0.304. The van der Waals surface area contributed by atoms with Gasteiger partial charge in [0.15, 0.2) is 0 Å². The number of unbranched alkanes of at least 4 members (excludes halogenated alkanes) is 36. The van der Waals surface area contributed by atoms with Gasteiger partial charge in [0.2, 0.25) is 0 Å². The lowest BCUT2D eigenvalue weighted by Gasteiger charge is -2.15. The van der Waals surface area contributed by atoms with Crippen molar-refractivity contribution in [1.29, 1.82) is 0 Å². The molecular formula is C76H112Br2N2O2S2. The predicted octanol–water partition coefficient (Wildman–Crippen LogP) is 27.5. The van der Waals surface area contributed by atoms with E-state index in [1.165, 1.54) is 272 Å². The Hall–Kier alpha value is -3.04. The molecule has 3 aromatic carbocycles. The van der Waals surface area contributed by atoms with E-state index >= 15 is 0 Å². The second-order valence-corrected chi connectivity index (χ2v) is 29.3. The minimum absolute atomic E-state index is 0.740. The Morgan fingerprint density at radius 2 is 0.583 bits per heavy atom. The molecule has 3 heterocycles. The van der Waals surface area contributed by atoms with Crippen LogP contribution in [0.3, 0.4) is 0 Å². The SMILES string of the molecule is CCCCCCCCCCCCCCCCc1cc(-c2ccc(-c3cc(CCCCCCCCCCCCCCCC)c(Br)s3)c3nc(-c4ccc(OCCCCCCCC)cc4)c(-c4ccc(OCCCCCCCC)cc4)nc23)sc1Br. The van der Waals surface area contributed by atoms with E-state index in [9.17, 15) is 0 Å². The van der Waals surface area contributed by atoms with Gasteiger partial charge in [-0.15, -0.1) is 22.7 Å². The Balaban J connectivity index is 1.23. The largest absolute Gasteiger partial charge is 0.494 e. The van der Waals surface area contributed by atoms with Crippen LogP contribution in [0.15, 0.2) is 80.4 Å². The van der Waals surface area contributed by atoms with E-state index in [1.807, 2.05) is 22.7 Å². The average molecular weight is 1310 g/mol. The number of rotatable bonds is 50. The topological polar surface area (TPSA) is 44.2 Å². The molecule has 0 atom stereocenters. The summed E-state index contributed by atoms with van der Waals surface area (Å²) in [7, 11) is 0. The molecule has 464 valence electrons. The second kappa shape index (κ2) is 43.6. The standard InChI is InChI=1S/C76H112Br2N2O2S2/c1-5-9-13-17-21-23-25-27-29-31-33-35-37-41-45-63-59-69(83-75(63)77)67-55-56-68(70-60-64(76(78)84-70)46-42-38-36-34-32-30-28-26-24-22-18-14-10-6-2)74-73(67)79-71(61-47-51-65(52-48-61)81-57-43-39-19-15-11-7-3)72(80-74)62-49-53-66(54-50-62)82-58-44-40-20-16-12-8-4/h47-56,59-60H,5-46,57-58H2,1-4H3. The molecule has 3 aromatic heterocycles. The van der Waals surface area contributed by atoms with Gasteiger partial charge >= 0.3 is 0 Å². The molecule has 6 aromatic rings. The number of hydrogen-bond acceptors (Lipinski definition) is 6. The van der Waals surface area contributed by atoms with Crippen molar-refractivity contribution >= 4 is 65.6 Å². The lowest BCUT2D eigenvalue weighted by Crippen LogP contribution is -2.00. The van der Waals surface area contributed by atoms with Gasteiger partial charge in [-0.1, -0.05) is 271 Å². The third-order valence-electron chi connectivity index (χ3n) is 17.3. The highest BCUT2D eigenvalue weighted by Gasteiger charge is 2.22. The van der Waals surface area contributed by atoms with E-state index < -0.39 is 0 Å². The van der Waals surface area contributed by atoms with Crippen LogP contribution in [0, 0.1) is 0 Å². The summed E-state index contributed by atoms with van der Waals surface area (Å²) in [4.78, 5) is 14.1. The first-order valence-electron chi connectivity index (χ1n) is 34.8. The van der Waals surface area contributed by atoms with Gasteiger partial charge in [-0.05, 0) is 142 Å². The van der Waals surface area contributed by atoms with Crippen molar-refractivity contribution < 1.29 is 9.47 Å². The summed E-state index contributed by atoms with van der Waals surface area (Å²) in [5, 5.41) is 0. The lowest BCUT2D eigenvalue weighted by atomic mass is 9.99. The molecule has 0 saturated heterocycles. The van der Waals surface area contributed by atoms with Gasteiger partial charge in [0.05, 0.1) is 43.2 Å². The van der Waals surface area contributed by atoms with Crippen molar-refractivity contribution in [1.82, 2.24) is 9.97 Å². The molecule has 0 aliphatic heterocycles. The van der Waals surface area contributed by atoms with E-state index in [0.717, 1.165) is 95.1 Å². The number of halogens is 2. The summed E-state index contributed by atoms with van der Waals surface area (Å²) in [6.07, 6.45) is 55.7. The Morgan fingerprint density at radius 1 is 0.321 bits per heavy atom. The number of thiophene rings is 2. The Kier molecular flexibility index (Phi) is 36.3. The summed E-state index contributed by atoms with van der Waals surface area (Å²) in [5.74, 6) is 1.81. The normalized spacial score (nSPS) is 11.6. The molecule has 84 heavy (non-hydrogen) atoms.